The number of nitrogens with zero attached hydrogens (tertiary/aromatic N) is 2. The van der Waals surface area contributed by atoms with Crippen molar-refractivity contribution < 1.29 is 14.6 Å². The minimum atomic E-state index is 0.114. The fraction of sp³-hybridized carbons (Fsp3) is 0.125. The van der Waals surface area contributed by atoms with Crippen LogP contribution >= 0.6 is 22.9 Å². The number of halogens is 1. The Kier molecular flexibility index (Phi) is 4.36. The van der Waals surface area contributed by atoms with E-state index in [1.54, 1.807) is 32.4 Å². The lowest BCUT2D eigenvalue weighted by molar-refractivity contribution is 0.356. The largest absolute Gasteiger partial charge is 0.507 e. The maximum absolute atomic E-state index is 9.79. The molecule has 0 fully saturated rings. The molecule has 0 saturated carbocycles. The van der Waals surface area contributed by atoms with Crippen molar-refractivity contribution in [2.24, 2.45) is 4.99 Å². The molecule has 0 amide bonds. The van der Waals surface area contributed by atoms with Crippen molar-refractivity contribution in [3.63, 3.8) is 0 Å². The molecule has 1 aromatic heterocycles. The van der Waals surface area contributed by atoms with Crippen LogP contribution in [0.5, 0.6) is 17.2 Å². The number of rotatable bonds is 4. The fourth-order valence-electron chi connectivity index (χ4n) is 2.05. The van der Waals surface area contributed by atoms with Gasteiger partial charge in [0.15, 0.2) is 11.5 Å². The Hall–Kier alpha value is -2.31. The van der Waals surface area contributed by atoms with Gasteiger partial charge >= 0.3 is 0 Å². The Labute approximate surface area is 141 Å². The minimum absolute atomic E-state index is 0.114. The average molecular weight is 349 g/mol. The number of phenols is 1. The first-order valence-corrected chi connectivity index (χ1v) is 7.85. The van der Waals surface area contributed by atoms with Gasteiger partial charge in [0, 0.05) is 28.9 Å². The van der Waals surface area contributed by atoms with Crippen LogP contribution < -0.4 is 9.47 Å². The summed E-state index contributed by atoms with van der Waals surface area (Å²) >= 11 is 7.33. The van der Waals surface area contributed by atoms with E-state index in [2.05, 4.69) is 9.98 Å². The zero-order valence-electron chi connectivity index (χ0n) is 12.4. The lowest BCUT2D eigenvalue weighted by atomic mass is 10.2. The van der Waals surface area contributed by atoms with E-state index in [1.165, 1.54) is 23.6 Å². The topological polar surface area (TPSA) is 63.9 Å². The molecule has 0 saturated heterocycles. The molecule has 3 rings (SSSR count). The lowest BCUT2D eigenvalue weighted by Crippen LogP contribution is -1.89. The summed E-state index contributed by atoms with van der Waals surface area (Å²) in [5, 5.41) is 10.9. The summed E-state index contributed by atoms with van der Waals surface area (Å²) in [7, 11) is 3.17. The molecule has 0 unspecified atom stereocenters. The van der Waals surface area contributed by atoms with Crippen molar-refractivity contribution >= 4 is 44.5 Å². The van der Waals surface area contributed by atoms with E-state index < -0.39 is 0 Å². The van der Waals surface area contributed by atoms with E-state index in [4.69, 9.17) is 21.1 Å². The summed E-state index contributed by atoms with van der Waals surface area (Å²) in [6.07, 6.45) is 1.54. The van der Waals surface area contributed by atoms with Gasteiger partial charge in [-0.15, -0.1) is 0 Å². The standard InChI is InChI=1S/C16H13ClN2O3S/c1-21-13-6-11-15(7-14(13)22-2)23-16(19-11)18-8-9-5-10(17)3-4-12(9)20/h3-8,20H,1-2H3. The van der Waals surface area contributed by atoms with Gasteiger partial charge in [-0.2, -0.15) is 0 Å². The summed E-state index contributed by atoms with van der Waals surface area (Å²) in [5.74, 6) is 1.38. The van der Waals surface area contributed by atoms with Crippen molar-refractivity contribution in [2.75, 3.05) is 14.2 Å². The molecule has 1 N–H and O–H groups in total. The van der Waals surface area contributed by atoms with Crippen LogP contribution in [-0.4, -0.2) is 30.5 Å². The maximum Gasteiger partial charge on any atom is 0.210 e. The lowest BCUT2D eigenvalue weighted by Gasteiger charge is -2.05. The van der Waals surface area contributed by atoms with Gasteiger partial charge in [0.25, 0.3) is 0 Å². The number of ether oxygens (including phenoxy) is 2. The highest BCUT2D eigenvalue weighted by molar-refractivity contribution is 7.22. The summed E-state index contributed by atoms with van der Waals surface area (Å²) < 4.78 is 11.5. The number of thiazole rings is 1. The monoisotopic (exact) mass is 348 g/mol. The molecule has 5 nitrogen and oxygen atoms in total. The van der Waals surface area contributed by atoms with Crippen LogP contribution in [0.2, 0.25) is 5.02 Å². The highest BCUT2D eigenvalue weighted by Gasteiger charge is 2.10. The van der Waals surface area contributed by atoms with Crippen molar-refractivity contribution in [2.45, 2.75) is 0 Å². The first-order chi connectivity index (χ1) is 11.1. The molecule has 23 heavy (non-hydrogen) atoms. The number of hydrogen-bond acceptors (Lipinski definition) is 6. The van der Waals surface area contributed by atoms with E-state index in [-0.39, 0.29) is 5.75 Å². The van der Waals surface area contributed by atoms with Crippen molar-refractivity contribution in [3.05, 3.63) is 40.9 Å². The third-order valence-electron chi connectivity index (χ3n) is 3.19. The van der Waals surface area contributed by atoms with E-state index in [9.17, 15) is 5.11 Å². The predicted octanol–water partition coefficient (Wildman–Crippen LogP) is 4.42. The Bertz CT molecular complexity index is 851. The molecule has 0 aliphatic rings. The molecule has 0 atom stereocenters. The Morgan fingerprint density at radius 3 is 2.65 bits per heavy atom. The first-order valence-electron chi connectivity index (χ1n) is 6.66. The Balaban J connectivity index is 1.97. The molecule has 0 radical (unpaired) electrons. The summed E-state index contributed by atoms with van der Waals surface area (Å²) in [5.41, 5.74) is 1.31. The van der Waals surface area contributed by atoms with Gasteiger partial charge in [0.1, 0.15) is 5.75 Å². The van der Waals surface area contributed by atoms with Crippen molar-refractivity contribution in [1.29, 1.82) is 0 Å². The number of aromatic hydroxyl groups is 1. The number of hydrogen-bond donors (Lipinski definition) is 1. The van der Waals surface area contributed by atoms with Crippen LogP contribution in [0.25, 0.3) is 10.2 Å². The second-order valence-corrected chi connectivity index (χ2v) is 6.08. The third-order valence-corrected chi connectivity index (χ3v) is 4.35. The molecular weight excluding hydrogens is 336 g/mol. The molecule has 118 valence electrons. The number of methoxy groups -OCH3 is 2. The normalized spacial score (nSPS) is 11.3. The molecule has 1 heterocycles. The Morgan fingerprint density at radius 1 is 1.17 bits per heavy atom. The van der Waals surface area contributed by atoms with Crippen molar-refractivity contribution in [3.8, 4) is 17.2 Å². The van der Waals surface area contributed by atoms with E-state index >= 15 is 0 Å². The molecular formula is C16H13ClN2O3S. The van der Waals surface area contributed by atoms with E-state index in [1.807, 2.05) is 6.07 Å². The van der Waals surface area contributed by atoms with Gasteiger partial charge in [-0.05, 0) is 18.2 Å². The van der Waals surface area contributed by atoms with Gasteiger partial charge in [-0.3, -0.25) is 0 Å². The SMILES string of the molecule is COc1cc2nc(N=Cc3cc(Cl)ccc3O)sc2cc1OC. The number of aromatic nitrogens is 1. The molecule has 0 aliphatic heterocycles. The maximum atomic E-state index is 9.79. The first kappa shape index (κ1) is 15.6. The van der Waals surface area contributed by atoms with Crippen LogP contribution in [0.1, 0.15) is 5.56 Å². The van der Waals surface area contributed by atoms with Crippen molar-refractivity contribution in [1.82, 2.24) is 4.98 Å². The number of aliphatic imine (C=N–C) groups is 1. The average Bonchev–Trinajstić information content (AvgIpc) is 2.95. The van der Waals surface area contributed by atoms with Crippen LogP contribution in [0.3, 0.4) is 0 Å². The van der Waals surface area contributed by atoms with Gasteiger partial charge in [-0.25, -0.2) is 9.98 Å². The summed E-state index contributed by atoms with van der Waals surface area (Å²) in [6, 6.07) is 8.45. The highest BCUT2D eigenvalue weighted by atomic mass is 35.5. The van der Waals surface area contributed by atoms with Crippen LogP contribution in [0, 0.1) is 0 Å². The zero-order valence-corrected chi connectivity index (χ0v) is 14.0. The van der Waals surface area contributed by atoms with Gasteiger partial charge in [-0.1, -0.05) is 22.9 Å². The molecule has 7 heteroatoms. The van der Waals surface area contributed by atoms with Crippen LogP contribution in [0.15, 0.2) is 35.3 Å². The molecule has 2 aromatic carbocycles. The minimum Gasteiger partial charge on any atom is -0.507 e. The quantitative estimate of drug-likeness (QED) is 0.709. The highest BCUT2D eigenvalue weighted by Crippen LogP contribution is 2.37. The smallest absolute Gasteiger partial charge is 0.210 e. The second kappa shape index (κ2) is 6.44. The molecule has 0 spiro atoms. The number of benzene rings is 2. The Morgan fingerprint density at radius 2 is 1.91 bits per heavy atom. The number of phenolic OH excluding ortho intramolecular Hbond substituents is 1. The molecule has 3 aromatic rings. The van der Waals surface area contributed by atoms with E-state index in [0.717, 1.165) is 10.2 Å². The third kappa shape index (κ3) is 3.23. The second-order valence-electron chi connectivity index (χ2n) is 4.63. The van der Waals surface area contributed by atoms with E-state index in [0.29, 0.717) is 27.2 Å². The van der Waals surface area contributed by atoms with Crippen LogP contribution in [-0.2, 0) is 0 Å². The molecule has 0 bridgehead atoms. The number of fused-ring (bicyclic) bond motifs is 1. The summed E-state index contributed by atoms with van der Waals surface area (Å²) in [4.78, 5) is 8.74. The predicted molar refractivity (Wildman–Crippen MR) is 93.1 cm³/mol. The zero-order chi connectivity index (χ0) is 16.4. The van der Waals surface area contributed by atoms with Gasteiger partial charge in [0.05, 0.1) is 24.4 Å². The van der Waals surface area contributed by atoms with Gasteiger partial charge < -0.3 is 14.6 Å². The fourth-order valence-corrected chi connectivity index (χ4v) is 3.05. The summed E-state index contributed by atoms with van der Waals surface area (Å²) in [6.45, 7) is 0. The molecule has 0 aliphatic carbocycles. The van der Waals surface area contributed by atoms with Gasteiger partial charge in [0.2, 0.25) is 5.13 Å². The van der Waals surface area contributed by atoms with Crippen LogP contribution in [0.4, 0.5) is 5.13 Å².